The lowest BCUT2D eigenvalue weighted by Gasteiger charge is -2.18. The molecule has 2 heterocycles. The highest BCUT2D eigenvalue weighted by Gasteiger charge is 2.18. The van der Waals surface area contributed by atoms with Gasteiger partial charge in [-0.2, -0.15) is 5.26 Å². The number of methoxy groups -OCH3 is 2. The molecule has 30 heavy (non-hydrogen) atoms. The number of anilines is 2. The van der Waals surface area contributed by atoms with Crippen molar-refractivity contribution in [1.82, 2.24) is 9.97 Å². The van der Waals surface area contributed by atoms with E-state index in [1.807, 2.05) is 49.5 Å². The van der Waals surface area contributed by atoms with Crippen LogP contribution >= 0.6 is 0 Å². The van der Waals surface area contributed by atoms with E-state index in [0.29, 0.717) is 17.1 Å². The number of pyridine rings is 1. The zero-order chi connectivity index (χ0) is 21.3. The van der Waals surface area contributed by atoms with E-state index >= 15 is 0 Å². The Kier molecular flexibility index (Phi) is 5.03. The summed E-state index contributed by atoms with van der Waals surface area (Å²) in [7, 11) is 3.21. The number of nitrogens with one attached hydrogen (secondary N) is 2. The van der Waals surface area contributed by atoms with Gasteiger partial charge < -0.3 is 19.8 Å². The van der Waals surface area contributed by atoms with Gasteiger partial charge in [0.05, 0.1) is 25.5 Å². The third-order valence-corrected chi connectivity index (χ3v) is 5.32. The van der Waals surface area contributed by atoms with Gasteiger partial charge in [0.2, 0.25) is 0 Å². The number of H-pyrrole nitrogens is 1. The van der Waals surface area contributed by atoms with E-state index in [1.165, 1.54) is 0 Å². The van der Waals surface area contributed by atoms with Crippen LogP contribution in [0.4, 0.5) is 11.4 Å². The highest BCUT2D eigenvalue weighted by molar-refractivity contribution is 5.92. The second-order valence-electron chi connectivity index (χ2n) is 6.99. The molecule has 6 heteroatoms. The van der Waals surface area contributed by atoms with Crippen LogP contribution in [-0.4, -0.2) is 24.2 Å². The van der Waals surface area contributed by atoms with Crippen molar-refractivity contribution in [3.05, 3.63) is 65.6 Å². The summed E-state index contributed by atoms with van der Waals surface area (Å²) in [6, 6.07) is 14.1. The predicted octanol–water partition coefficient (Wildman–Crippen LogP) is 5.48. The number of hydrogen-bond acceptors (Lipinski definition) is 5. The fourth-order valence-corrected chi connectivity index (χ4v) is 3.72. The fraction of sp³-hybridized carbons (Fsp3) is 0.167. The summed E-state index contributed by atoms with van der Waals surface area (Å²) < 4.78 is 10.8. The Morgan fingerprint density at radius 2 is 1.83 bits per heavy atom. The summed E-state index contributed by atoms with van der Waals surface area (Å²) in [5, 5.41) is 14.4. The van der Waals surface area contributed by atoms with Crippen LogP contribution in [0, 0.1) is 25.2 Å². The molecule has 150 valence electrons. The minimum atomic E-state index is 0.471. The van der Waals surface area contributed by atoms with Crippen LogP contribution in [0.5, 0.6) is 11.5 Å². The van der Waals surface area contributed by atoms with Crippen LogP contribution in [0.1, 0.15) is 16.8 Å². The first-order valence-electron chi connectivity index (χ1n) is 9.53. The molecule has 4 rings (SSSR count). The lowest BCUT2D eigenvalue weighted by molar-refractivity contribution is 0.355. The first-order chi connectivity index (χ1) is 14.6. The summed E-state index contributed by atoms with van der Waals surface area (Å²) in [6.07, 6.45) is 3.53. The van der Waals surface area contributed by atoms with Gasteiger partial charge in [-0.15, -0.1) is 0 Å². The van der Waals surface area contributed by atoms with Crippen molar-refractivity contribution in [2.75, 3.05) is 19.5 Å². The lowest BCUT2D eigenvalue weighted by Crippen LogP contribution is -2.02. The quantitative estimate of drug-likeness (QED) is 0.465. The maximum Gasteiger partial charge on any atom is 0.161 e. The van der Waals surface area contributed by atoms with E-state index in [0.717, 1.165) is 44.7 Å². The van der Waals surface area contributed by atoms with E-state index in [4.69, 9.17) is 9.47 Å². The predicted molar refractivity (Wildman–Crippen MR) is 119 cm³/mol. The van der Waals surface area contributed by atoms with Gasteiger partial charge in [-0.1, -0.05) is 6.07 Å². The Balaban J connectivity index is 1.90. The summed E-state index contributed by atoms with van der Waals surface area (Å²) in [5.74, 6) is 1.26. The molecule has 0 bridgehead atoms. The van der Waals surface area contributed by atoms with Crippen LogP contribution in [0.25, 0.3) is 22.0 Å². The van der Waals surface area contributed by atoms with Crippen molar-refractivity contribution in [2.45, 2.75) is 13.8 Å². The van der Waals surface area contributed by atoms with E-state index in [9.17, 15) is 5.26 Å². The van der Waals surface area contributed by atoms with Crippen LogP contribution < -0.4 is 14.8 Å². The van der Waals surface area contributed by atoms with Gasteiger partial charge in [0.15, 0.2) is 11.5 Å². The van der Waals surface area contributed by atoms with Crippen molar-refractivity contribution in [3.63, 3.8) is 0 Å². The van der Waals surface area contributed by atoms with Crippen LogP contribution in [0.3, 0.4) is 0 Å². The van der Waals surface area contributed by atoms with Gasteiger partial charge >= 0.3 is 0 Å². The molecule has 4 aromatic rings. The lowest BCUT2D eigenvalue weighted by atomic mass is 9.98. The molecule has 2 aromatic carbocycles. The topological polar surface area (TPSA) is 83.0 Å². The fourth-order valence-electron chi connectivity index (χ4n) is 3.72. The molecule has 0 aliphatic carbocycles. The van der Waals surface area contributed by atoms with Crippen LogP contribution in [0.15, 0.2) is 48.8 Å². The number of aromatic nitrogens is 2. The number of aryl methyl sites for hydroxylation is 2. The molecule has 0 unspecified atom stereocenters. The van der Waals surface area contributed by atoms with E-state index in [1.54, 1.807) is 20.4 Å². The van der Waals surface area contributed by atoms with Crippen molar-refractivity contribution >= 4 is 22.3 Å². The number of rotatable bonds is 5. The largest absolute Gasteiger partial charge is 0.493 e. The molecular weight excluding hydrogens is 376 g/mol. The van der Waals surface area contributed by atoms with E-state index < -0.39 is 0 Å². The molecule has 0 fully saturated rings. The van der Waals surface area contributed by atoms with E-state index in [2.05, 4.69) is 28.3 Å². The molecule has 0 atom stereocenters. The number of fused-ring (bicyclic) bond motifs is 1. The van der Waals surface area contributed by atoms with Gasteiger partial charge in [0.1, 0.15) is 6.07 Å². The summed E-state index contributed by atoms with van der Waals surface area (Å²) in [6.45, 7) is 4.00. The Morgan fingerprint density at radius 1 is 1.03 bits per heavy atom. The Morgan fingerprint density at radius 3 is 2.57 bits per heavy atom. The molecule has 6 nitrogen and oxygen atoms in total. The van der Waals surface area contributed by atoms with Crippen molar-refractivity contribution < 1.29 is 9.47 Å². The molecule has 0 spiro atoms. The van der Waals surface area contributed by atoms with Crippen molar-refractivity contribution in [1.29, 1.82) is 5.26 Å². The summed E-state index contributed by atoms with van der Waals surface area (Å²) in [5.41, 5.74) is 6.85. The molecule has 2 N–H and O–H groups in total. The molecule has 2 aromatic heterocycles. The van der Waals surface area contributed by atoms with Gasteiger partial charge in [0.25, 0.3) is 0 Å². The Bertz CT molecular complexity index is 1280. The highest BCUT2D eigenvalue weighted by Crippen LogP contribution is 2.40. The monoisotopic (exact) mass is 398 g/mol. The number of aromatic amines is 1. The molecule has 0 radical (unpaired) electrons. The standard InChI is InChI=1S/C24H22N4O2/c1-14-18-9-10-26-20(18)7-6-19(14)28-24-17(12-25)13-27-15(2)23(24)16-5-8-21(29-3)22(11-16)30-4/h5-11,13,26H,1-4H3,(H,27,28). The number of benzene rings is 2. The maximum atomic E-state index is 9.77. The number of nitrogens with zero attached hydrogens (tertiary/aromatic N) is 2. The smallest absolute Gasteiger partial charge is 0.161 e. The minimum absolute atomic E-state index is 0.471. The zero-order valence-electron chi connectivity index (χ0n) is 17.3. The second-order valence-corrected chi connectivity index (χ2v) is 6.99. The SMILES string of the molecule is COc1ccc(-c2c(C)ncc(C#N)c2Nc2ccc3[nH]ccc3c2C)cc1OC. The molecule has 0 aliphatic heterocycles. The van der Waals surface area contributed by atoms with Crippen molar-refractivity contribution in [2.24, 2.45) is 0 Å². The molecule has 0 saturated heterocycles. The average molecular weight is 398 g/mol. The molecular formula is C24H22N4O2. The third kappa shape index (κ3) is 3.20. The van der Waals surface area contributed by atoms with Gasteiger partial charge in [0, 0.05) is 40.2 Å². The highest BCUT2D eigenvalue weighted by atomic mass is 16.5. The van der Waals surface area contributed by atoms with Gasteiger partial charge in [-0.3, -0.25) is 4.98 Å². The van der Waals surface area contributed by atoms with Gasteiger partial charge in [-0.25, -0.2) is 0 Å². The third-order valence-electron chi connectivity index (χ3n) is 5.32. The second kappa shape index (κ2) is 7.80. The molecule has 0 saturated carbocycles. The maximum absolute atomic E-state index is 9.77. The molecule has 0 amide bonds. The normalized spacial score (nSPS) is 10.6. The summed E-state index contributed by atoms with van der Waals surface area (Å²) in [4.78, 5) is 7.68. The van der Waals surface area contributed by atoms with E-state index in [-0.39, 0.29) is 0 Å². The Labute approximate surface area is 175 Å². The van der Waals surface area contributed by atoms with Crippen LogP contribution in [-0.2, 0) is 0 Å². The number of nitriles is 1. The number of ether oxygens (including phenoxy) is 2. The van der Waals surface area contributed by atoms with Crippen molar-refractivity contribution in [3.8, 4) is 28.7 Å². The minimum Gasteiger partial charge on any atom is -0.493 e. The van der Waals surface area contributed by atoms with Crippen LogP contribution in [0.2, 0.25) is 0 Å². The first kappa shape index (κ1) is 19.3. The first-order valence-corrected chi connectivity index (χ1v) is 9.53. The zero-order valence-corrected chi connectivity index (χ0v) is 17.3. The number of hydrogen-bond donors (Lipinski definition) is 2. The Hall–Kier alpha value is -3.98. The summed E-state index contributed by atoms with van der Waals surface area (Å²) >= 11 is 0. The molecule has 0 aliphatic rings. The average Bonchev–Trinajstić information content (AvgIpc) is 3.25. The van der Waals surface area contributed by atoms with Gasteiger partial charge in [-0.05, 0) is 55.3 Å².